The average Bonchev–Trinajstić information content (AvgIpc) is 2.71. The maximum absolute atomic E-state index is 11.5. The quantitative estimate of drug-likeness (QED) is 0.748. The van der Waals surface area contributed by atoms with E-state index in [1.165, 1.54) is 12.7 Å². The summed E-state index contributed by atoms with van der Waals surface area (Å²) in [6, 6.07) is 10.8. The van der Waals surface area contributed by atoms with E-state index in [0.29, 0.717) is 6.04 Å². The van der Waals surface area contributed by atoms with E-state index in [1.807, 2.05) is 18.2 Å². The highest BCUT2D eigenvalue weighted by Crippen LogP contribution is 2.25. The number of carbonyl (C=O) groups is 1. The summed E-state index contributed by atoms with van der Waals surface area (Å²) in [4.78, 5) is 13.9. The Kier molecular flexibility index (Phi) is 3.79. The van der Waals surface area contributed by atoms with Crippen LogP contribution in [0, 0.1) is 5.92 Å². The van der Waals surface area contributed by atoms with Gasteiger partial charge in [-0.15, -0.1) is 0 Å². The van der Waals surface area contributed by atoms with Gasteiger partial charge in [0.25, 0.3) is 0 Å². The fourth-order valence-corrected chi connectivity index (χ4v) is 2.47. The fourth-order valence-electron chi connectivity index (χ4n) is 2.47. The molecule has 1 aliphatic rings. The second-order valence-electron chi connectivity index (χ2n) is 4.72. The largest absolute Gasteiger partial charge is 0.469 e. The van der Waals surface area contributed by atoms with Gasteiger partial charge in [0.1, 0.15) is 0 Å². The van der Waals surface area contributed by atoms with Crippen LogP contribution in [0.2, 0.25) is 0 Å². The van der Waals surface area contributed by atoms with Crippen LogP contribution in [-0.4, -0.2) is 30.6 Å². The molecule has 0 bridgehead atoms. The number of benzene rings is 1. The Morgan fingerprint density at radius 3 is 2.76 bits per heavy atom. The number of esters is 1. The second kappa shape index (κ2) is 5.32. The molecule has 1 fully saturated rings. The van der Waals surface area contributed by atoms with Crippen LogP contribution in [0.3, 0.4) is 0 Å². The first-order chi connectivity index (χ1) is 8.20. The number of nitrogens with zero attached hydrogens (tertiary/aromatic N) is 1. The monoisotopic (exact) mass is 233 g/mol. The second-order valence-corrected chi connectivity index (χ2v) is 4.72. The Morgan fingerprint density at radius 2 is 2.12 bits per heavy atom. The van der Waals surface area contributed by atoms with Crippen molar-refractivity contribution in [1.29, 1.82) is 0 Å². The Balaban J connectivity index is 1.97. The minimum Gasteiger partial charge on any atom is -0.469 e. The Labute approximate surface area is 102 Å². The van der Waals surface area contributed by atoms with E-state index in [1.54, 1.807) is 0 Å². The number of carbonyl (C=O) groups excluding carboxylic acids is 1. The third kappa shape index (κ3) is 2.86. The Bertz CT molecular complexity index is 377. The number of ether oxygens (including phenoxy) is 1. The van der Waals surface area contributed by atoms with Gasteiger partial charge in [0.15, 0.2) is 0 Å². The highest BCUT2D eigenvalue weighted by Gasteiger charge is 2.33. The third-order valence-electron chi connectivity index (χ3n) is 3.47. The smallest absolute Gasteiger partial charge is 0.310 e. The van der Waals surface area contributed by atoms with E-state index < -0.39 is 0 Å². The summed E-state index contributed by atoms with van der Waals surface area (Å²) < 4.78 is 4.82. The van der Waals surface area contributed by atoms with Crippen LogP contribution in [0.1, 0.15) is 18.9 Å². The molecule has 0 saturated carbocycles. The molecule has 3 heteroatoms. The predicted octanol–water partition coefficient (Wildman–Crippen LogP) is 2.07. The maximum Gasteiger partial charge on any atom is 0.310 e. The summed E-state index contributed by atoms with van der Waals surface area (Å²) in [6.45, 7) is 3.89. The molecule has 2 rings (SSSR count). The van der Waals surface area contributed by atoms with Crippen molar-refractivity contribution < 1.29 is 9.53 Å². The number of hydrogen-bond donors (Lipinski definition) is 0. The number of rotatable bonds is 3. The predicted molar refractivity (Wildman–Crippen MR) is 66.4 cm³/mol. The summed E-state index contributed by atoms with van der Waals surface area (Å²) >= 11 is 0. The lowest BCUT2D eigenvalue weighted by Gasteiger charge is -2.20. The molecule has 1 saturated heterocycles. The van der Waals surface area contributed by atoms with E-state index in [2.05, 4.69) is 24.0 Å². The van der Waals surface area contributed by atoms with Gasteiger partial charge in [-0.2, -0.15) is 0 Å². The molecular formula is C14H19NO2. The molecule has 1 aromatic carbocycles. The minimum absolute atomic E-state index is 0.0405. The van der Waals surface area contributed by atoms with E-state index >= 15 is 0 Å². The van der Waals surface area contributed by atoms with Crippen LogP contribution in [0.25, 0.3) is 0 Å². The lowest BCUT2D eigenvalue weighted by molar-refractivity contribution is -0.144. The van der Waals surface area contributed by atoms with Crippen LogP contribution in [-0.2, 0) is 16.1 Å². The summed E-state index contributed by atoms with van der Waals surface area (Å²) in [5, 5.41) is 0. The zero-order valence-corrected chi connectivity index (χ0v) is 10.4. The van der Waals surface area contributed by atoms with Gasteiger partial charge in [-0.25, -0.2) is 0 Å². The van der Waals surface area contributed by atoms with Gasteiger partial charge in [0.2, 0.25) is 0 Å². The first kappa shape index (κ1) is 12.1. The summed E-state index contributed by atoms with van der Waals surface area (Å²) in [7, 11) is 1.47. The zero-order chi connectivity index (χ0) is 12.3. The van der Waals surface area contributed by atoms with E-state index in [9.17, 15) is 4.79 Å². The van der Waals surface area contributed by atoms with Gasteiger partial charge in [0.05, 0.1) is 13.0 Å². The topological polar surface area (TPSA) is 29.5 Å². The maximum atomic E-state index is 11.5. The third-order valence-corrected chi connectivity index (χ3v) is 3.47. The molecule has 0 aliphatic carbocycles. The van der Waals surface area contributed by atoms with Crippen LogP contribution < -0.4 is 0 Å². The molecule has 0 N–H and O–H groups in total. The molecule has 2 atom stereocenters. The highest BCUT2D eigenvalue weighted by molar-refractivity contribution is 5.73. The lowest BCUT2D eigenvalue weighted by Crippen LogP contribution is -2.27. The molecule has 0 amide bonds. The molecule has 2 unspecified atom stereocenters. The molecule has 17 heavy (non-hydrogen) atoms. The lowest BCUT2D eigenvalue weighted by atomic mass is 10.1. The van der Waals surface area contributed by atoms with Gasteiger partial charge in [-0.1, -0.05) is 30.3 Å². The molecular weight excluding hydrogens is 214 g/mol. The molecule has 0 aromatic heterocycles. The van der Waals surface area contributed by atoms with Crippen molar-refractivity contribution in [2.75, 3.05) is 13.7 Å². The van der Waals surface area contributed by atoms with Crippen molar-refractivity contribution >= 4 is 5.97 Å². The van der Waals surface area contributed by atoms with Gasteiger partial charge < -0.3 is 4.74 Å². The minimum atomic E-state index is -0.0765. The van der Waals surface area contributed by atoms with Crippen LogP contribution in [0.4, 0.5) is 0 Å². The Morgan fingerprint density at radius 1 is 1.41 bits per heavy atom. The van der Waals surface area contributed by atoms with Crippen LogP contribution >= 0.6 is 0 Å². The molecule has 92 valence electrons. The first-order valence-corrected chi connectivity index (χ1v) is 6.06. The van der Waals surface area contributed by atoms with Gasteiger partial charge in [-0.05, 0) is 18.9 Å². The number of hydrogen-bond acceptors (Lipinski definition) is 3. The fraction of sp³-hybridized carbons (Fsp3) is 0.500. The molecule has 0 spiro atoms. The van der Waals surface area contributed by atoms with E-state index in [0.717, 1.165) is 19.5 Å². The molecule has 1 heterocycles. The van der Waals surface area contributed by atoms with Crippen molar-refractivity contribution in [2.24, 2.45) is 5.92 Å². The molecule has 1 aliphatic heterocycles. The zero-order valence-electron chi connectivity index (χ0n) is 10.4. The van der Waals surface area contributed by atoms with E-state index in [-0.39, 0.29) is 11.9 Å². The van der Waals surface area contributed by atoms with Crippen molar-refractivity contribution in [3.8, 4) is 0 Å². The first-order valence-electron chi connectivity index (χ1n) is 6.06. The van der Waals surface area contributed by atoms with Crippen molar-refractivity contribution in [1.82, 2.24) is 4.90 Å². The standard InChI is InChI=1S/C14H19NO2/c1-11-8-13(14(16)17-2)10-15(11)9-12-6-4-3-5-7-12/h3-7,11,13H,8-10H2,1-2H3. The summed E-state index contributed by atoms with van der Waals surface area (Å²) in [6.07, 6.45) is 0.902. The van der Waals surface area contributed by atoms with Crippen molar-refractivity contribution in [2.45, 2.75) is 25.9 Å². The van der Waals surface area contributed by atoms with Crippen LogP contribution in [0.15, 0.2) is 30.3 Å². The summed E-state index contributed by atoms with van der Waals surface area (Å²) in [5.74, 6) is -0.0360. The van der Waals surface area contributed by atoms with Crippen LogP contribution in [0.5, 0.6) is 0 Å². The van der Waals surface area contributed by atoms with Gasteiger partial charge in [0, 0.05) is 19.1 Å². The van der Waals surface area contributed by atoms with Gasteiger partial charge >= 0.3 is 5.97 Å². The Hall–Kier alpha value is -1.35. The molecule has 3 nitrogen and oxygen atoms in total. The summed E-state index contributed by atoms with van der Waals surface area (Å²) in [5.41, 5.74) is 1.30. The number of methoxy groups -OCH3 is 1. The molecule has 1 aromatic rings. The SMILES string of the molecule is COC(=O)C1CC(C)N(Cc2ccccc2)C1. The van der Waals surface area contributed by atoms with E-state index in [4.69, 9.17) is 4.74 Å². The molecule has 0 radical (unpaired) electrons. The average molecular weight is 233 g/mol. The normalized spacial score (nSPS) is 24.8. The number of likely N-dealkylation sites (tertiary alicyclic amines) is 1. The highest BCUT2D eigenvalue weighted by atomic mass is 16.5. The van der Waals surface area contributed by atoms with Gasteiger partial charge in [-0.3, -0.25) is 9.69 Å². The van der Waals surface area contributed by atoms with Crippen molar-refractivity contribution in [3.63, 3.8) is 0 Å². The van der Waals surface area contributed by atoms with Crippen molar-refractivity contribution in [3.05, 3.63) is 35.9 Å².